The minimum absolute atomic E-state index is 0.362. The molecule has 0 N–H and O–H groups in total. The molecule has 2 rings (SSSR count). The van der Waals surface area contributed by atoms with Crippen LogP contribution < -0.4 is 4.74 Å². The van der Waals surface area contributed by atoms with Gasteiger partial charge in [0.25, 0.3) is 0 Å². The molecule has 2 heterocycles. The fraction of sp³-hybridized carbons (Fsp3) is 0.200. The molecule has 4 nitrogen and oxygen atoms in total. The van der Waals surface area contributed by atoms with Gasteiger partial charge in [-0.25, -0.2) is 4.98 Å². The van der Waals surface area contributed by atoms with Crippen molar-refractivity contribution in [1.82, 2.24) is 14.5 Å². The van der Waals surface area contributed by atoms with Crippen LogP contribution in [-0.2, 0) is 13.7 Å². The summed E-state index contributed by atoms with van der Waals surface area (Å²) in [5, 5.41) is 0.589. The highest BCUT2D eigenvalue weighted by molar-refractivity contribution is 9.10. The van der Waals surface area contributed by atoms with Crippen molar-refractivity contribution in [2.75, 3.05) is 0 Å². The Labute approximate surface area is 106 Å². The lowest BCUT2D eigenvalue weighted by atomic mass is 10.5. The Kier molecular flexibility index (Phi) is 3.46. The SMILES string of the molecule is Cn1c(Cl)cnc1COc1cncc(Br)c1. The molecule has 0 spiro atoms. The van der Waals surface area contributed by atoms with Crippen molar-refractivity contribution in [3.05, 3.63) is 40.1 Å². The molecule has 0 unspecified atom stereocenters. The van der Waals surface area contributed by atoms with Crippen LogP contribution in [0.5, 0.6) is 5.75 Å². The number of aromatic nitrogens is 3. The van der Waals surface area contributed by atoms with Crippen LogP contribution in [0.25, 0.3) is 0 Å². The Morgan fingerprint density at radius 1 is 1.44 bits per heavy atom. The zero-order valence-electron chi connectivity index (χ0n) is 8.52. The first-order chi connectivity index (χ1) is 7.66. The van der Waals surface area contributed by atoms with Crippen LogP contribution in [-0.4, -0.2) is 14.5 Å². The van der Waals surface area contributed by atoms with Crippen LogP contribution in [0.15, 0.2) is 29.1 Å². The normalized spacial score (nSPS) is 10.4. The molecule has 0 fully saturated rings. The molecule has 16 heavy (non-hydrogen) atoms. The first-order valence-corrected chi connectivity index (χ1v) is 5.73. The van der Waals surface area contributed by atoms with Gasteiger partial charge in [0.05, 0.1) is 12.4 Å². The smallest absolute Gasteiger partial charge is 0.147 e. The Bertz CT molecular complexity index is 501. The largest absolute Gasteiger partial charge is 0.484 e. The highest BCUT2D eigenvalue weighted by Crippen LogP contribution is 2.17. The quantitative estimate of drug-likeness (QED) is 0.875. The van der Waals surface area contributed by atoms with Crippen LogP contribution in [0, 0.1) is 0 Å². The minimum Gasteiger partial charge on any atom is -0.484 e. The Morgan fingerprint density at radius 2 is 2.25 bits per heavy atom. The fourth-order valence-electron chi connectivity index (χ4n) is 1.18. The molecule has 0 aliphatic carbocycles. The molecule has 0 saturated carbocycles. The van der Waals surface area contributed by atoms with Crippen LogP contribution >= 0.6 is 27.5 Å². The number of hydrogen-bond acceptors (Lipinski definition) is 3. The summed E-state index contributed by atoms with van der Waals surface area (Å²) in [4.78, 5) is 8.13. The average Bonchev–Trinajstić information content (AvgIpc) is 2.57. The van der Waals surface area contributed by atoms with E-state index < -0.39 is 0 Å². The van der Waals surface area contributed by atoms with Gasteiger partial charge in [0.2, 0.25) is 0 Å². The van der Waals surface area contributed by atoms with Gasteiger partial charge in [-0.2, -0.15) is 0 Å². The lowest BCUT2D eigenvalue weighted by Crippen LogP contribution is -2.03. The highest BCUT2D eigenvalue weighted by atomic mass is 79.9. The van der Waals surface area contributed by atoms with E-state index in [0.717, 1.165) is 10.3 Å². The molecule has 0 amide bonds. The number of ether oxygens (including phenoxy) is 1. The van der Waals surface area contributed by atoms with E-state index in [1.165, 1.54) is 0 Å². The van der Waals surface area contributed by atoms with Crippen molar-refractivity contribution in [2.24, 2.45) is 7.05 Å². The number of rotatable bonds is 3. The fourth-order valence-corrected chi connectivity index (χ4v) is 1.67. The van der Waals surface area contributed by atoms with Crippen molar-refractivity contribution in [1.29, 1.82) is 0 Å². The van der Waals surface area contributed by atoms with Gasteiger partial charge in [-0.15, -0.1) is 0 Å². The molecule has 0 saturated heterocycles. The lowest BCUT2D eigenvalue weighted by molar-refractivity contribution is 0.290. The van der Waals surface area contributed by atoms with E-state index in [1.54, 1.807) is 23.2 Å². The van der Waals surface area contributed by atoms with Gasteiger partial charge in [0.15, 0.2) is 0 Å². The number of halogens is 2. The highest BCUT2D eigenvalue weighted by Gasteiger charge is 2.05. The maximum Gasteiger partial charge on any atom is 0.147 e. The topological polar surface area (TPSA) is 39.9 Å². The molecule has 0 aliphatic heterocycles. The Hall–Kier alpha value is -1.07. The van der Waals surface area contributed by atoms with Crippen molar-refractivity contribution in [3.8, 4) is 5.75 Å². The minimum atomic E-state index is 0.362. The third kappa shape index (κ3) is 2.54. The third-order valence-corrected chi connectivity index (χ3v) is 2.86. The summed E-state index contributed by atoms with van der Waals surface area (Å²) in [6.45, 7) is 0.362. The van der Waals surface area contributed by atoms with Gasteiger partial charge in [-0.3, -0.25) is 4.98 Å². The van der Waals surface area contributed by atoms with E-state index in [-0.39, 0.29) is 0 Å². The van der Waals surface area contributed by atoms with Gasteiger partial charge in [-0.05, 0) is 22.0 Å². The Morgan fingerprint density at radius 3 is 2.88 bits per heavy atom. The van der Waals surface area contributed by atoms with Crippen LogP contribution in [0.4, 0.5) is 0 Å². The molecule has 0 aliphatic rings. The van der Waals surface area contributed by atoms with Crippen molar-refractivity contribution in [3.63, 3.8) is 0 Å². The van der Waals surface area contributed by atoms with Gasteiger partial charge in [0.1, 0.15) is 23.3 Å². The van der Waals surface area contributed by atoms with E-state index in [4.69, 9.17) is 16.3 Å². The maximum atomic E-state index is 5.86. The van der Waals surface area contributed by atoms with Gasteiger partial charge in [-0.1, -0.05) is 11.6 Å². The predicted octanol–water partition coefficient (Wildman–Crippen LogP) is 2.81. The van der Waals surface area contributed by atoms with E-state index in [9.17, 15) is 0 Å². The van der Waals surface area contributed by atoms with Crippen molar-refractivity contribution in [2.45, 2.75) is 6.61 Å². The number of nitrogens with zero attached hydrogens (tertiary/aromatic N) is 3. The summed E-state index contributed by atoms with van der Waals surface area (Å²) < 4.78 is 8.18. The summed E-state index contributed by atoms with van der Waals surface area (Å²) in [6, 6.07) is 1.84. The van der Waals surface area contributed by atoms with Gasteiger partial charge < -0.3 is 9.30 Å². The van der Waals surface area contributed by atoms with E-state index in [0.29, 0.717) is 17.5 Å². The number of imidazole rings is 1. The van der Waals surface area contributed by atoms with Crippen LogP contribution in [0.3, 0.4) is 0 Å². The Balaban J connectivity index is 2.05. The van der Waals surface area contributed by atoms with E-state index in [2.05, 4.69) is 25.9 Å². The summed E-state index contributed by atoms with van der Waals surface area (Å²) in [6.07, 6.45) is 4.94. The molecule has 0 radical (unpaired) electrons. The molecule has 0 aromatic carbocycles. The van der Waals surface area contributed by atoms with E-state index >= 15 is 0 Å². The molecule has 2 aromatic rings. The molecule has 0 bridgehead atoms. The second kappa shape index (κ2) is 4.84. The maximum absolute atomic E-state index is 5.86. The predicted molar refractivity (Wildman–Crippen MR) is 64.5 cm³/mol. The molecular weight excluding hydrogens is 293 g/mol. The molecular formula is C10H9BrClN3O. The summed E-state index contributed by atoms with van der Waals surface area (Å²) >= 11 is 9.18. The zero-order chi connectivity index (χ0) is 11.5. The third-order valence-electron chi connectivity index (χ3n) is 2.08. The summed E-state index contributed by atoms with van der Waals surface area (Å²) in [5.41, 5.74) is 0. The van der Waals surface area contributed by atoms with E-state index in [1.807, 2.05) is 13.1 Å². The molecule has 0 atom stereocenters. The zero-order valence-corrected chi connectivity index (χ0v) is 10.9. The van der Waals surface area contributed by atoms with Crippen molar-refractivity contribution >= 4 is 27.5 Å². The second-order valence-corrected chi connectivity index (χ2v) is 4.49. The first kappa shape index (κ1) is 11.4. The second-order valence-electron chi connectivity index (χ2n) is 3.18. The summed E-state index contributed by atoms with van der Waals surface area (Å²) in [7, 11) is 1.84. The van der Waals surface area contributed by atoms with Gasteiger partial charge in [0, 0.05) is 17.7 Å². The van der Waals surface area contributed by atoms with Crippen LogP contribution in [0.1, 0.15) is 5.82 Å². The standard InChI is InChI=1S/C10H9BrClN3O/c1-15-9(12)5-14-10(15)6-16-8-2-7(11)3-13-4-8/h2-5H,6H2,1H3. The van der Waals surface area contributed by atoms with Gasteiger partial charge >= 0.3 is 0 Å². The molecule has 6 heteroatoms. The lowest BCUT2D eigenvalue weighted by Gasteiger charge is -2.06. The molecule has 2 aromatic heterocycles. The first-order valence-electron chi connectivity index (χ1n) is 4.56. The summed E-state index contributed by atoms with van der Waals surface area (Å²) in [5.74, 6) is 1.46. The monoisotopic (exact) mass is 301 g/mol. The van der Waals surface area contributed by atoms with Crippen LogP contribution in [0.2, 0.25) is 5.15 Å². The number of hydrogen-bond donors (Lipinski definition) is 0. The number of pyridine rings is 1. The molecule has 84 valence electrons. The van der Waals surface area contributed by atoms with Crippen molar-refractivity contribution < 1.29 is 4.74 Å². The average molecular weight is 303 g/mol.